The van der Waals surface area contributed by atoms with Gasteiger partial charge in [0.1, 0.15) is 23.9 Å². The zero-order valence-corrected chi connectivity index (χ0v) is 29.1. The number of alkyl halides is 2. The zero-order chi connectivity index (χ0) is 36.1. The van der Waals surface area contributed by atoms with Crippen LogP contribution in [-0.4, -0.2) is 87.9 Å². The minimum atomic E-state index is -2.63. The Morgan fingerprint density at radius 3 is 2.47 bits per heavy atom. The lowest BCUT2D eigenvalue weighted by atomic mass is 10.0. The molecule has 2 fully saturated rings. The number of piperidine rings is 1. The molecule has 2 saturated heterocycles. The Morgan fingerprint density at radius 2 is 1.80 bits per heavy atom. The number of nitrogens with one attached hydrogen (secondary N) is 2. The van der Waals surface area contributed by atoms with Gasteiger partial charge < -0.3 is 29.4 Å². The third kappa shape index (κ3) is 7.99. The number of anilines is 2. The van der Waals surface area contributed by atoms with Crippen LogP contribution in [0.1, 0.15) is 35.8 Å². The van der Waals surface area contributed by atoms with Crippen LogP contribution in [0, 0.1) is 12.7 Å². The summed E-state index contributed by atoms with van der Waals surface area (Å²) >= 11 is 0. The van der Waals surface area contributed by atoms with Crippen molar-refractivity contribution in [1.29, 1.82) is 0 Å². The van der Waals surface area contributed by atoms with E-state index in [9.17, 15) is 18.0 Å². The number of fused-ring (bicyclic) bond motifs is 1. The third-order valence-corrected chi connectivity index (χ3v) is 9.42. The number of morpholine rings is 1. The molecule has 13 heteroatoms. The highest BCUT2D eigenvalue weighted by Gasteiger charge is 2.28. The number of H-pyrrole nitrogens is 1. The number of benzene rings is 3. The smallest absolute Gasteiger partial charge is 0.272 e. The number of aryl methyl sites for hydroxylation is 1. The van der Waals surface area contributed by atoms with E-state index in [2.05, 4.69) is 31.9 Å². The van der Waals surface area contributed by atoms with Crippen molar-refractivity contribution < 1.29 is 32.2 Å². The van der Waals surface area contributed by atoms with Gasteiger partial charge in [0.25, 0.3) is 6.43 Å². The number of nitrogens with zero attached hydrogens (tertiary/aromatic N) is 4. The molecular formula is C38H43F3N6O4. The maximum absolute atomic E-state index is 14.2. The number of hydrazone groups is 1. The van der Waals surface area contributed by atoms with Crippen LogP contribution in [0.2, 0.25) is 0 Å². The van der Waals surface area contributed by atoms with Gasteiger partial charge >= 0.3 is 0 Å². The number of rotatable bonds is 13. The van der Waals surface area contributed by atoms with E-state index < -0.39 is 18.8 Å². The van der Waals surface area contributed by atoms with Crippen LogP contribution < -0.4 is 24.7 Å². The minimum absolute atomic E-state index is 0.107. The maximum Gasteiger partial charge on any atom is 0.272 e. The molecule has 10 nitrogen and oxygen atoms in total. The number of carbonyl (C=O) groups is 1. The van der Waals surface area contributed by atoms with Crippen molar-refractivity contribution >= 4 is 34.8 Å². The largest absolute Gasteiger partial charge is 0.485 e. The lowest BCUT2D eigenvalue weighted by Crippen LogP contribution is -2.49. The van der Waals surface area contributed by atoms with Crippen LogP contribution in [-0.2, 0) is 4.74 Å². The summed E-state index contributed by atoms with van der Waals surface area (Å²) in [6.07, 6.45) is -0.754. The lowest BCUT2D eigenvalue weighted by Gasteiger charge is -2.41. The number of carbonyl (C=O) groups excluding carboxylic acids is 1. The summed E-state index contributed by atoms with van der Waals surface area (Å²) in [7, 11) is 1.68. The molecule has 0 radical (unpaired) electrons. The predicted octanol–water partition coefficient (Wildman–Crippen LogP) is 7.11. The van der Waals surface area contributed by atoms with E-state index in [0.717, 1.165) is 52.2 Å². The molecular weight excluding hydrogens is 661 g/mol. The van der Waals surface area contributed by atoms with Crippen molar-refractivity contribution in [2.75, 3.05) is 63.0 Å². The molecule has 4 aromatic rings. The van der Waals surface area contributed by atoms with E-state index >= 15 is 0 Å². The Morgan fingerprint density at radius 1 is 1.06 bits per heavy atom. The third-order valence-electron chi connectivity index (χ3n) is 9.42. The van der Waals surface area contributed by atoms with Crippen molar-refractivity contribution in [3.8, 4) is 17.2 Å². The number of halogens is 3. The van der Waals surface area contributed by atoms with Crippen molar-refractivity contribution in [3.63, 3.8) is 0 Å². The average molecular weight is 705 g/mol. The average Bonchev–Trinajstić information content (AvgIpc) is 3.57. The van der Waals surface area contributed by atoms with Gasteiger partial charge in [-0.1, -0.05) is 12.1 Å². The minimum Gasteiger partial charge on any atom is -0.485 e. The fourth-order valence-corrected chi connectivity index (χ4v) is 6.77. The van der Waals surface area contributed by atoms with E-state index in [1.165, 1.54) is 11.1 Å². The molecule has 51 heavy (non-hydrogen) atoms. The molecule has 2 aliphatic rings. The van der Waals surface area contributed by atoms with Gasteiger partial charge in [-0.25, -0.2) is 18.2 Å². The highest BCUT2D eigenvalue weighted by atomic mass is 19.3. The van der Waals surface area contributed by atoms with E-state index in [-0.39, 0.29) is 11.5 Å². The molecule has 3 aromatic carbocycles. The Hall–Kier alpha value is -5.01. The Labute approximate surface area is 295 Å². The molecule has 3 heterocycles. The van der Waals surface area contributed by atoms with Crippen LogP contribution >= 0.6 is 0 Å². The first-order valence-electron chi connectivity index (χ1n) is 17.0. The molecule has 0 bridgehead atoms. The Balaban J connectivity index is 1.25. The van der Waals surface area contributed by atoms with E-state index in [1.54, 1.807) is 62.5 Å². The number of ether oxygens (including phenoxy) is 3. The van der Waals surface area contributed by atoms with Crippen LogP contribution in [0.4, 0.5) is 24.5 Å². The second kappa shape index (κ2) is 15.9. The van der Waals surface area contributed by atoms with Gasteiger partial charge in [0.05, 0.1) is 30.3 Å². The highest BCUT2D eigenvalue weighted by molar-refractivity contribution is 6.10. The summed E-state index contributed by atoms with van der Waals surface area (Å²) < 4.78 is 57.7. The highest BCUT2D eigenvalue weighted by Crippen LogP contribution is 2.37. The second-order valence-electron chi connectivity index (χ2n) is 12.6. The first-order valence-corrected chi connectivity index (χ1v) is 17.0. The summed E-state index contributed by atoms with van der Waals surface area (Å²) in [4.78, 5) is 21.9. The second-order valence-corrected chi connectivity index (χ2v) is 12.6. The normalized spacial score (nSPS) is 16.3. The van der Waals surface area contributed by atoms with Gasteiger partial charge in [-0.2, -0.15) is 5.10 Å². The van der Waals surface area contributed by atoms with Crippen molar-refractivity contribution in [1.82, 2.24) is 15.2 Å². The number of Topliss-reactive ketones (excluding diaryl/α,β-unsaturated/α-hetero) is 1. The molecule has 0 unspecified atom stereocenters. The van der Waals surface area contributed by atoms with Gasteiger partial charge in [-0.3, -0.25) is 9.69 Å². The van der Waals surface area contributed by atoms with Crippen LogP contribution in [0.15, 0.2) is 77.2 Å². The molecule has 0 saturated carbocycles. The molecule has 2 aliphatic heterocycles. The fraction of sp³-hybridized carbons (Fsp3) is 0.368. The number of hydrogen-bond donors (Lipinski definition) is 2. The predicted molar refractivity (Wildman–Crippen MR) is 193 cm³/mol. The van der Waals surface area contributed by atoms with Gasteiger partial charge in [0.15, 0.2) is 11.6 Å². The number of aromatic amines is 1. The van der Waals surface area contributed by atoms with Crippen LogP contribution in [0.25, 0.3) is 10.9 Å². The van der Waals surface area contributed by atoms with E-state index in [0.29, 0.717) is 62.5 Å². The zero-order valence-electron chi connectivity index (χ0n) is 29.1. The van der Waals surface area contributed by atoms with Crippen molar-refractivity contribution in [3.05, 3.63) is 89.1 Å². The first kappa shape index (κ1) is 35.8. The quantitative estimate of drug-likeness (QED) is 0.0659. The maximum atomic E-state index is 14.2. The van der Waals surface area contributed by atoms with Gasteiger partial charge in [-0.15, -0.1) is 0 Å². The molecule has 0 aliphatic carbocycles. The van der Waals surface area contributed by atoms with Gasteiger partial charge in [0.2, 0.25) is 5.78 Å². The van der Waals surface area contributed by atoms with Crippen LogP contribution in [0.3, 0.4) is 0 Å². The lowest BCUT2D eigenvalue weighted by molar-refractivity contribution is 0.0114. The summed E-state index contributed by atoms with van der Waals surface area (Å²) in [5.74, 6) is 0.541. The number of para-hydroxylation sites is 1. The summed E-state index contributed by atoms with van der Waals surface area (Å²) in [6, 6.07) is 17.1. The molecule has 0 spiro atoms. The van der Waals surface area contributed by atoms with E-state index in [1.807, 2.05) is 13.0 Å². The summed E-state index contributed by atoms with van der Waals surface area (Å²) in [5.41, 5.74) is 3.37. The molecule has 1 aromatic heterocycles. The molecule has 0 amide bonds. The van der Waals surface area contributed by atoms with Crippen LogP contribution in [0.5, 0.6) is 17.2 Å². The monoisotopic (exact) mass is 704 g/mol. The topological polar surface area (TPSA) is 94.7 Å². The molecule has 6 rings (SSSR count). The fourth-order valence-electron chi connectivity index (χ4n) is 6.77. The first-order chi connectivity index (χ1) is 24.7. The number of hydrogen-bond acceptors (Lipinski definition) is 9. The summed E-state index contributed by atoms with van der Waals surface area (Å²) in [5, 5.41) is 9.44. The van der Waals surface area contributed by atoms with E-state index in [4.69, 9.17) is 14.2 Å². The van der Waals surface area contributed by atoms with Crippen molar-refractivity contribution in [2.45, 2.75) is 39.2 Å². The SMILES string of the molecule is C=NN(/C(NC)=C(\C)C(=O)c1cc2cc(OCC(F)F)c(N3CCC(N4CCOCC4)CC3)cc2[nH]1)c1ccc(Oc2ccccc2F)c(C)c1. The Kier molecular flexibility index (Phi) is 11.2. The van der Waals surface area contributed by atoms with Crippen molar-refractivity contribution in [2.24, 2.45) is 5.10 Å². The number of ketones is 1. The number of allylic oxidation sites excluding steroid dienone is 1. The van der Waals surface area contributed by atoms with Gasteiger partial charge in [-0.05, 0) is 80.8 Å². The molecule has 270 valence electrons. The summed E-state index contributed by atoms with van der Waals surface area (Å²) in [6.45, 7) is 11.3. The standard InChI is InChI=1S/C38H43F3N6O4/c1-24-19-28(9-10-33(24)51-34-8-6-5-7-29(34)39)47(43-4)38(42-3)25(2)37(48)31-20-26-21-35(50-23-36(40)41)32(22-30(26)44-31)46-13-11-27(12-14-46)45-15-17-49-18-16-45/h5-10,19-22,27,36,42,44H,4,11-18,23H2,1-3H3/b38-25+. The molecule has 2 N–H and O–H groups in total. The molecule has 0 atom stereocenters. The van der Waals surface area contributed by atoms with Gasteiger partial charge in [0, 0.05) is 62.5 Å². The number of aromatic nitrogens is 1. The Bertz CT molecular complexity index is 1900.